The van der Waals surface area contributed by atoms with Gasteiger partial charge in [-0.05, 0) is 24.3 Å². The van der Waals surface area contributed by atoms with Crippen molar-refractivity contribution in [3.05, 3.63) is 29.8 Å². The van der Waals surface area contributed by atoms with Crippen LogP contribution in [-0.2, 0) is 19.1 Å². The molecule has 0 spiro atoms. The Labute approximate surface area is 153 Å². The van der Waals surface area contributed by atoms with Crippen LogP contribution in [0.25, 0.3) is 0 Å². The van der Waals surface area contributed by atoms with E-state index in [9.17, 15) is 14.4 Å². The monoisotopic (exact) mass is 363 g/mol. The van der Waals surface area contributed by atoms with E-state index >= 15 is 0 Å². The molecule has 1 heterocycles. The molecule has 0 N–H and O–H groups in total. The molecule has 2 rings (SSSR count). The summed E-state index contributed by atoms with van der Waals surface area (Å²) in [7, 11) is 6.53. The predicted molar refractivity (Wildman–Crippen MR) is 96.1 cm³/mol. The average Bonchev–Trinajstić information content (AvgIpc) is 2.66. The van der Waals surface area contributed by atoms with Gasteiger partial charge < -0.3 is 24.2 Å². The summed E-state index contributed by atoms with van der Waals surface area (Å²) in [6.45, 7) is 0.574. The second kappa shape index (κ2) is 8.66. The Morgan fingerprint density at radius 1 is 1.12 bits per heavy atom. The molecule has 8 heteroatoms. The van der Waals surface area contributed by atoms with Crippen LogP contribution in [0.15, 0.2) is 24.3 Å². The Balaban J connectivity index is 2.14. The zero-order chi connectivity index (χ0) is 19.3. The minimum Gasteiger partial charge on any atom is -0.467 e. The molecule has 1 unspecified atom stereocenters. The summed E-state index contributed by atoms with van der Waals surface area (Å²) in [5.41, 5.74) is 1.53. The van der Waals surface area contributed by atoms with Crippen molar-refractivity contribution in [1.29, 1.82) is 0 Å². The standard InChI is InChI=1S/C18H25N3O5/c1-19(2)14-7-5-13(6-8-14)17(23)20-9-10-21(16(22)12-25-3)15(11-20)18(24)26-4/h5-8,15H,9-12H2,1-4H3. The Morgan fingerprint density at radius 3 is 2.31 bits per heavy atom. The van der Waals surface area contributed by atoms with Gasteiger partial charge in [-0.25, -0.2) is 4.79 Å². The number of rotatable bonds is 5. The smallest absolute Gasteiger partial charge is 0.330 e. The second-order valence-electron chi connectivity index (χ2n) is 6.25. The Bertz CT molecular complexity index is 659. The minimum atomic E-state index is -0.832. The molecule has 0 aliphatic carbocycles. The number of carbonyl (C=O) groups is 3. The van der Waals surface area contributed by atoms with Crippen LogP contribution in [0.3, 0.4) is 0 Å². The van der Waals surface area contributed by atoms with Gasteiger partial charge in [-0.2, -0.15) is 0 Å². The van der Waals surface area contributed by atoms with Crippen molar-refractivity contribution in [3.8, 4) is 0 Å². The van der Waals surface area contributed by atoms with Crippen molar-refractivity contribution in [1.82, 2.24) is 9.80 Å². The maximum atomic E-state index is 12.8. The van der Waals surface area contributed by atoms with E-state index in [1.807, 2.05) is 31.1 Å². The van der Waals surface area contributed by atoms with Gasteiger partial charge in [0.15, 0.2) is 0 Å². The lowest BCUT2D eigenvalue weighted by molar-refractivity contribution is -0.157. The highest BCUT2D eigenvalue weighted by Gasteiger charge is 2.37. The number of nitrogens with zero attached hydrogens (tertiary/aromatic N) is 3. The molecule has 0 bridgehead atoms. The van der Waals surface area contributed by atoms with Gasteiger partial charge in [0.25, 0.3) is 5.91 Å². The van der Waals surface area contributed by atoms with Crippen LogP contribution in [0.2, 0.25) is 0 Å². The van der Waals surface area contributed by atoms with Crippen molar-refractivity contribution in [2.45, 2.75) is 6.04 Å². The maximum absolute atomic E-state index is 12.8. The van der Waals surface area contributed by atoms with E-state index in [2.05, 4.69) is 0 Å². The highest BCUT2D eigenvalue weighted by atomic mass is 16.5. The molecule has 26 heavy (non-hydrogen) atoms. The Morgan fingerprint density at radius 2 is 1.77 bits per heavy atom. The van der Waals surface area contributed by atoms with Gasteiger partial charge in [0.05, 0.1) is 13.7 Å². The van der Waals surface area contributed by atoms with Crippen LogP contribution in [-0.4, -0.2) is 88.2 Å². The number of hydrogen-bond acceptors (Lipinski definition) is 6. The van der Waals surface area contributed by atoms with Gasteiger partial charge in [0, 0.05) is 45.5 Å². The highest BCUT2D eigenvalue weighted by molar-refractivity contribution is 5.95. The minimum absolute atomic E-state index is 0.0936. The molecule has 0 aromatic heterocycles. The zero-order valence-electron chi connectivity index (χ0n) is 15.6. The van der Waals surface area contributed by atoms with E-state index < -0.39 is 12.0 Å². The third kappa shape index (κ3) is 4.32. The topological polar surface area (TPSA) is 79.4 Å². The lowest BCUT2D eigenvalue weighted by atomic mass is 10.1. The second-order valence-corrected chi connectivity index (χ2v) is 6.25. The fourth-order valence-electron chi connectivity index (χ4n) is 2.89. The molecule has 1 aliphatic rings. The lowest BCUT2D eigenvalue weighted by Gasteiger charge is -2.39. The number of ether oxygens (including phenoxy) is 2. The fraction of sp³-hybridized carbons (Fsp3) is 0.500. The van der Waals surface area contributed by atoms with Gasteiger partial charge >= 0.3 is 5.97 Å². The number of esters is 1. The molecule has 1 atom stereocenters. The number of carbonyl (C=O) groups excluding carboxylic acids is 3. The van der Waals surface area contributed by atoms with E-state index in [0.717, 1.165) is 5.69 Å². The van der Waals surface area contributed by atoms with Crippen LogP contribution < -0.4 is 4.90 Å². The molecular weight excluding hydrogens is 338 g/mol. The van der Waals surface area contributed by atoms with Gasteiger partial charge in [-0.3, -0.25) is 9.59 Å². The fourth-order valence-corrected chi connectivity index (χ4v) is 2.89. The molecule has 0 saturated carbocycles. The Hall–Kier alpha value is -2.61. The summed E-state index contributed by atoms with van der Waals surface area (Å²) in [5.74, 6) is -1.02. The number of hydrogen-bond donors (Lipinski definition) is 0. The van der Waals surface area contributed by atoms with E-state index in [1.165, 1.54) is 19.1 Å². The molecule has 1 aliphatic heterocycles. The van der Waals surface area contributed by atoms with E-state index in [-0.39, 0.29) is 31.5 Å². The first-order valence-electron chi connectivity index (χ1n) is 8.32. The number of benzene rings is 1. The molecule has 2 amide bonds. The van der Waals surface area contributed by atoms with Gasteiger partial charge in [0.2, 0.25) is 5.91 Å². The van der Waals surface area contributed by atoms with Crippen LogP contribution in [0.1, 0.15) is 10.4 Å². The molecule has 0 radical (unpaired) electrons. The first kappa shape index (κ1) is 19.7. The molecule has 142 valence electrons. The molecule has 1 saturated heterocycles. The van der Waals surface area contributed by atoms with Crippen molar-refractivity contribution in [2.24, 2.45) is 0 Å². The highest BCUT2D eigenvalue weighted by Crippen LogP contribution is 2.17. The number of anilines is 1. The lowest BCUT2D eigenvalue weighted by Crippen LogP contribution is -2.60. The third-order valence-corrected chi connectivity index (χ3v) is 4.36. The number of piperazine rings is 1. The summed E-state index contributed by atoms with van der Waals surface area (Å²) < 4.78 is 9.67. The first-order chi connectivity index (χ1) is 12.4. The average molecular weight is 363 g/mol. The SMILES string of the molecule is COCC(=O)N1CCN(C(=O)c2ccc(N(C)C)cc2)CC1C(=O)OC. The molecule has 1 fully saturated rings. The normalized spacial score (nSPS) is 17.0. The van der Waals surface area contributed by atoms with Crippen molar-refractivity contribution < 1.29 is 23.9 Å². The van der Waals surface area contributed by atoms with Gasteiger partial charge in [-0.1, -0.05) is 0 Å². The quantitative estimate of drug-likeness (QED) is 0.697. The van der Waals surface area contributed by atoms with Crippen molar-refractivity contribution >= 4 is 23.5 Å². The zero-order valence-corrected chi connectivity index (χ0v) is 15.6. The number of amides is 2. The van der Waals surface area contributed by atoms with Crippen LogP contribution in [0.5, 0.6) is 0 Å². The van der Waals surface area contributed by atoms with Gasteiger partial charge in [-0.15, -0.1) is 0 Å². The van der Waals surface area contributed by atoms with Crippen molar-refractivity contribution in [3.63, 3.8) is 0 Å². The summed E-state index contributed by atoms with van der Waals surface area (Å²) in [6, 6.07) is 6.41. The molecule has 1 aromatic carbocycles. The van der Waals surface area contributed by atoms with E-state index in [4.69, 9.17) is 9.47 Å². The van der Waals surface area contributed by atoms with Crippen molar-refractivity contribution in [2.75, 3.05) is 59.5 Å². The Kier molecular flexibility index (Phi) is 6.57. The molecular formula is C18H25N3O5. The van der Waals surface area contributed by atoms with Crippen LogP contribution >= 0.6 is 0 Å². The summed E-state index contributed by atoms with van der Waals surface area (Å²) in [5, 5.41) is 0. The summed E-state index contributed by atoms with van der Waals surface area (Å²) >= 11 is 0. The molecule has 8 nitrogen and oxygen atoms in total. The summed E-state index contributed by atoms with van der Waals surface area (Å²) in [6.07, 6.45) is 0. The van der Waals surface area contributed by atoms with Crippen LogP contribution in [0.4, 0.5) is 5.69 Å². The number of methoxy groups -OCH3 is 2. The first-order valence-corrected chi connectivity index (χ1v) is 8.32. The maximum Gasteiger partial charge on any atom is 0.330 e. The molecule has 1 aromatic rings. The third-order valence-electron chi connectivity index (χ3n) is 4.36. The largest absolute Gasteiger partial charge is 0.467 e. The summed E-state index contributed by atoms with van der Waals surface area (Å²) in [4.78, 5) is 42.0. The van der Waals surface area contributed by atoms with Crippen LogP contribution in [0, 0.1) is 0 Å². The van der Waals surface area contributed by atoms with E-state index in [0.29, 0.717) is 12.1 Å². The van der Waals surface area contributed by atoms with Gasteiger partial charge in [0.1, 0.15) is 12.6 Å². The van der Waals surface area contributed by atoms with E-state index in [1.54, 1.807) is 17.0 Å². The predicted octanol–water partition coefficient (Wildman–Crippen LogP) is 0.225.